The van der Waals surface area contributed by atoms with Crippen LogP contribution in [0.25, 0.3) is 0 Å². The van der Waals surface area contributed by atoms with Gasteiger partial charge in [0.2, 0.25) is 0 Å². The van der Waals surface area contributed by atoms with Crippen LogP contribution < -0.4 is 0 Å². The van der Waals surface area contributed by atoms with E-state index in [-0.39, 0.29) is 11.7 Å². The Morgan fingerprint density at radius 2 is 2.00 bits per heavy atom. The molecule has 1 atom stereocenters. The lowest BCUT2D eigenvalue weighted by atomic mass is 9.87. The summed E-state index contributed by atoms with van der Waals surface area (Å²) < 4.78 is 17.4. The highest BCUT2D eigenvalue weighted by molar-refractivity contribution is 7.10. The molecule has 1 unspecified atom stereocenters. The zero-order valence-electron chi connectivity index (χ0n) is 12.0. The average Bonchev–Trinajstić information content (AvgIpc) is 2.93. The van der Waals surface area contributed by atoms with Gasteiger partial charge in [0.15, 0.2) is 0 Å². The van der Waals surface area contributed by atoms with Gasteiger partial charge in [-0.25, -0.2) is 4.39 Å². The van der Waals surface area contributed by atoms with E-state index < -0.39 is 6.10 Å². The van der Waals surface area contributed by atoms with Crippen molar-refractivity contribution in [1.29, 1.82) is 0 Å². The molecule has 1 aliphatic rings. The van der Waals surface area contributed by atoms with E-state index in [1.165, 1.54) is 23.7 Å². The van der Waals surface area contributed by atoms with Crippen molar-refractivity contribution in [3.63, 3.8) is 0 Å². The van der Waals surface area contributed by atoms with Gasteiger partial charge in [-0.15, -0.1) is 5.10 Å². The Kier molecular flexibility index (Phi) is 5.03. The predicted molar refractivity (Wildman–Crippen MR) is 84.3 cm³/mol. The second-order valence-corrected chi connectivity index (χ2v) is 6.96. The molecule has 0 saturated carbocycles. The number of piperidine rings is 1. The number of nitrogens with zero attached hydrogens (tertiary/aromatic N) is 3. The van der Waals surface area contributed by atoms with Crippen LogP contribution in [0, 0.1) is 11.7 Å². The molecule has 0 aliphatic carbocycles. The van der Waals surface area contributed by atoms with E-state index >= 15 is 0 Å². The molecule has 22 heavy (non-hydrogen) atoms. The van der Waals surface area contributed by atoms with Crippen LogP contribution in [0.5, 0.6) is 0 Å². The van der Waals surface area contributed by atoms with Crippen LogP contribution in [0.4, 0.5) is 4.39 Å². The minimum Gasteiger partial charge on any atom is -0.388 e. The molecule has 1 saturated heterocycles. The summed E-state index contributed by atoms with van der Waals surface area (Å²) >= 11 is 7.23. The average molecular weight is 342 g/mol. The minimum atomic E-state index is -0.535. The topological polar surface area (TPSA) is 49.2 Å². The highest BCUT2D eigenvalue weighted by atomic mass is 35.5. The predicted octanol–water partition coefficient (Wildman–Crippen LogP) is 3.28. The molecule has 1 aliphatic heterocycles. The third-order valence-corrected chi connectivity index (χ3v) is 5.16. The molecule has 2 heterocycles. The Morgan fingerprint density at radius 1 is 1.32 bits per heavy atom. The van der Waals surface area contributed by atoms with Crippen molar-refractivity contribution in [3.8, 4) is 0 Å². The third-order valence-electron chi connectivity index (χ3n) is 4.17. The van der Waals surface area contributed by atoms with Crippen LogP contribution in [0.15, 0.2) is 24.3 Å². The molecule has 1 N–H and O–H groups in total. The van der Waals surface area contributed by atoms with E-state index in [0.717, 1.165) is 37.2 Å². The summed E-state index contributed by atoms with van der Waals surface area (Å²) in [6.45, 7) is 2.47. The first-order chi connectivity index (χ1) is 10.6. The van der Waals surface area contributed by atoms with Crippen molar-refractivity contribution >= 4 is 23.1 Å². The Balaban J connectivity index is 1.55. The molecule has 2 aromatic rings. The van der Waals surface area contributed by atoms with E-state index in [4.69, 9.17) is 11.6 Å². The van der Waals surface area contributed by atoms with Crippen molar-refractivity contribution in [2.75, 3.05) is 13.1 Å². The largest absolute Gasteiger partial charge is 0.388 e. The van der Waals surface area contributed by atoms with E-state index in [9.17, 15) is 9.50 Å². The molecule has 7 heteroatoms. The molecular formula is C15H17ClFN3OS. The van der Waals surface area contributed by atoms with Crippen LogP contribution in [0.2, 0.25) is 4.34 Å². The fourth-order valence-electron chi connectivity index (χ4n) is 2.86. The van der Waals surface area contributed by atoms with E-state index in [0.29, 0.717) is 10.9 Å². The minimum absolute atomic E-state index is 0.200. The summed E-state index contributed by atoms with van der Waals surface area (Å²) in [5, 5.41) is 14.5. The normalized spacial score (nSPS) is 18.5. The monoisotopic (exact) mass is 341 g/mol. The highest BCUT2D eigenvalue weighted by Gasteiger charge is 2.27. The van der Waals surface area contributed by atoms with Gasteiger partial charge in [-0.1, -0.05) is 28.2 Å². The molecule has 0 bridgehead atoms. The van der Waals surface area contributed by atoms with Crippen LogP contribution >= 0.6 is 23.1 Å². The first-order valence-electron chi connectivity index (χ1n) is 7.26. The SMILES string of the molecule is OC(c1ccc(F)cc1)C1CCN(Cc2nnsc2Cl)CC1. The quantitative estimate of drug-likeness (QED) is 0.927. The Morgan fingerprint density at radius 3 is 2.59 bits per heavy atom. The van der Waals surface area contributed by atoms with Crippen LogP contribution in [-0.2, 0) is 6.54 Å². The zero-order chi connectivity index (χ0) is 15.5. The summed E-state index contributed by atoms with van der Waals surface area (Å²) in [4.78, 5) is 2.27. The number of hydrogen-bond acceptors (Lipinski definition) is 5. The molecule has 0 amide bonds. The van der Waals surface area contributed by atoms with E-state index in [1.54, 1.807) is 12.1 Å². The summed E-state index contributed by atoms with van der Waals surface area (Å²) in [7, 11) is 0. The van der Waals surface area contributed by atoms with Crippen LogP contribution in [0.1, 0.15) is 30.2 Å². The van der Waals surface area contributed by atoms with Gasteiger partial charge in [0.1, 0.15) is 15.8 Å². The fourth-order valence-corrected chi connectivity index (χ4v) is 3.47. The van der Waals surface area contributed by atoms with Gasteiger partial charge < -0.3 is 5.11 Å². The fraction of sp³-hybridized carbons (Fsp3) is 0.467. The number of aliphatic hydroxyl groups is 1. The number of benzene rings is 1. The van der Waals surface area contributed by atoms with Gasteiger partial charge in [0.25, 0.3) is 0 Å². The van der Waals surface area contributed by atoms with Crippen molar-refractivity contribution in [1.82, 2.24) is 14.5 Å². The Hall–Kier alpha value is -1.08. The summed E-state index contributed by atoms with van der Waals surface area (Å²) in [5.74, 6) is -0.0785. The van der Waals surface area contributed by atoms with Gasteiger partial charge in [-0.3, -0.25) is 4.90 Å². The van der Waals surface area contributed by atoms with Gasteiger partial charge in [-0.05, 0) is 49.5 Å². The second kappa shape index (κ2) is 7.00. The van der Waals surface area contributed by atoms with Crippen molar-refractivity contribution in [3.05, 3.63) is 45.7 Å². The van der Waals surface area contributed by atoms with E-state index in [1.807, 2.05) is 0 Å². The Labute approximate surface area is 137 Å². The standard InChI is InChI=1S/C15H17ClFN3OS/c16-15-13(18-19-22-15)9-20-7-5-11(6-8-20)14(21)10-1-3-12(17)4-2-10/h1-4,11,14,21H,5-9H2. The molecule has 0 radical (unpaired) electrons. The molecule has 1 fully saturated rings. The molecule has 0 spiro atoms. The third kappa shape index (κ3) is 3.63. The maximum atomic E-state index is 12.9. The van der Waals surface area contributed by atoms with Crippen molar-refractivity contribution in [2.24, 2.45) is 5.92 Å². The smallest absolute Gasteiger partial charge is 0.138 e. The molecule has 1 aromatic heterocycles. The van der Waals surface area contributed by atoms with Gasteiger partial charge in [0.05, 0.1) is 6.10 Å². The molecule has 118 valence electrons. The molecule has 3 rings (SSSR count). The number of aromatic nitrogens is 2. The summed E-state index contributed by atoms with van der Waals surface area (Å²) in [5.41, 5.74) is 1.61. The van der Waals surface area contributed by atoms with E-state index in [2.05, 4.69) is 14.5 Å². The summed E-state index contributed by atoms with van der Waals surface area (Å²) in [6, 6.07) is 6.11. The number of aliphatic hydroxyl groups excluding tert-OH is 1. The summed E-state index contributed by atoms with van der Waals surface area (Å²) in [6.07, 6.45) is 1.26. The number of rotatable bonds is 4. The second-order valence-electron chi connectivity index (χ2n) is 5.60. The van der Waals surface area contributed by atoms with Gasteiger partial charge in [-0.2, -0.15) is 0 Å². The molecule has 1 aromatic carbocycles. The van der Waals surface area contributed by atoms with Crippen molar-refractivity contribution < 1.29 is 9.50 Å². The number of halogens is 2. The maximum absolute atomic E-state index is 12.9. The lowest BCUT2D eigenvalue weighted by Gasteiger charge is -2.34. The van der Waals surface area contributed by atoms with Gasteiger partial charge >= 0.3 is 0 Å². The van der Waals surface area contributed by atoms with Crippen LogP contribution in [-0.4, -0.2) is 32.7 Å². The lowest BCUT2D eigenvalue weighted by Crippen LogP contribution is -2.35. The lowest BCUT2D eigenvalue weighted by molar-refractivity contribution is 0.0564. The maximum Gasteiger partial charge on any atom is 0.138 e. The zero-order valence-corrected chi connectivity index (χ0v) is 13.5. The number of hydrogen-bond donors (Lipinski definition) is 1. The first-order valence-corrected chi connectivity index (χ1v) is 8.41. The molecule has 4 nitrogen and oxygen atoms in total. The Bertz CT molecular complexity index is 614. The first kappa shape index (κ1) is 15.8. The van der Waals surface area contributed by atoms with Gasteiger partial charge in [0, 0.05) is 18.1 Å². The van der Waals surface area contributed by atoms with Crippen molar-refractivity contribution in [2.45, 2.75) is 25.5 Å². The molecular weight excluding hydrogens is 325 g/mol. The number of likely N-dealkylation sites (tertiary alicyclic amines) is 1. The van der Waals surface area contributed by atoms with Crippen LogP contribution in [0.3, 0.4) is 0 Å². The highest BCUT2D eigenvalue weighted by Crippen LogP contribution is 2.31.